The molecule has 0 saturated heterocycles. The van der Waals surface area contributed by atoms with Crippen LogP contribution in [0.5, 0.6) is 5.75 Å². The number of fused-ring (bicyclic) bond motifs is 1. The van der Waals surface area contributed by atoms with Crippen LogP contribution in [0.15, 0.2) is 65.4 Å². The first-order valence-corrected chi connectivity index (χ1v) is 14.0. The average molecular weight is 527 g/mol. The van der Waals surface area contributed by atoms with E-state index >= 15 is 0 Å². The number of aromatic nitrogens is 2. The predicted octanol–water partition coefficient (Wildman–Crippen LogP) is 5.77. The first-order chi connectivity index (χ1) is 18.9. The van der Waals surface area contributed by atoms with Gasteiger partial charge >= 0.3 is 0 Å². The largest absolute Gasteiger partial charge is 0.494 e. The third kappa shape index (κ3) is 5.98. The molecule has 7 nitrogen and oxygen atoms in total. The fourth-order valence-electron chi connectivity index (χ4n) is 5.71. The van der Waals surface area contributed by atoms with Gasteiger partial charge in [-0.15, -0.1) is 0 Å². The number of nitrogens with one attached hydrogen (secondary N) is 2. The first-order valence-electron chi connectivity index (χ1n) is 14.0. The lowest BCUT2D eigenvalue weighted by Gasteiger charge is -2.17. The zero-order chi connectivity index (χ0) is 27.4. The van der Waals surface area contributed by atoms with Gasteiger partial charge in [-0.2, -0.15) is 5.10 Å². The normalized spacial score (nSPS) is 16.2. The Bertz CT molecular complexity index is 1430. The zero-order valence-electron chi connectivity index (χ0n) is 23.2. The van der Waals surface area contributed by atoms with Crippen LogP contribution in [-0.4, -0.2) is 48.2 Å². The highest BCUT2D eigenvalue weighted by Gasteiger charge is 2.24. The van der Waals surface area contributed by atoms with Crippen LogP contribution >= 0.6 is 0 Å². The number of Topliss-reactive ketones (excluding diaryl/α,β-unsaturated/α-hetero) is 1. The number of ether oxygens (including phenoxy) is 1. The quantitative estimate of drug-likeness (QED) is 0.328. The predicted molar refractivity (Wildman–Crippen MR) is 155 cm³/mol. The number of allylic oxidation sites excluding steroid dienone is 3. The lowest BCUT2D eigenvalue weighted by Crippen LogP contribution is -2.29. The number of carbonyl (C=O) groups is 2. The van der Waals surface area contributed by atoms with Gasteiger partial charge in [0.15, 0.2) is 5.78 Å². The lowest BCUT2D eigenvalue weighted by molar-refractivity contribution is -0.115. The molecule has 1 amide bonds. The molecule has 1 saturated carbocycles. The van der Waals surface area contributed by atoms with Crippen LogP contribution in [0.25, 0.3) is 22.0 Å². The number of hydrogen-bond acceptors (Lipinski definition) is 5. The Morgan fingerprint density at radius 2 is 1.87 bits per heavy atom. The zero-order valence-corrected chi connectivity index (χ0v) is 23.2. The van der Waals surface area contributed by atoms with E-state index < -0.39 is 0 Å². The van der Waals surface area contributed by atoms with Gasteiger partial charge in [0, 0.05) is 23.9 Å². The second kappa shape index (κ2) is 12.0. The Morgan fingerprint density at radius 1 is 1.10 bits per heavy atom. The van der Waals surface area contributed by atoms with Crippen molar-refractivity contribution in [3.8, 4) is 16.9 Å². The summed E-state index contributed by atoms with van der Waals surface area (Å²) in [6, 6.07) is 12.5. The van der Waals surface area contributed by atoms with Crippen molar-refractivity contribution in [3.05, 3.63) is 71.0 Å². The molecule has 0 atom stereocenters. The van der Waals surface area contributed by atoms with Crippen molar-refractivity contribution in [2.45, 2.75) is 58.4 Å². The maximum Gasteiger partial charge on any atom is 0.252 e. The van der Waals surface area contributed by atoms with Gasteiger partial charge in [-0.25, -0.2) is 0 Å². The average Bonchev–Trinajstić information content (AvgIpc) is 3.60. The number of ketones is 1. The van der Waals surface area contributed by atoms with Gasteiger partial charge in [-0.1, -0.05) is 36.6 Å². The molecule has 2 aromatic carbocycles. The van der Waals surface area contributed by atoms with Gasteiger partial charge < -0.3 is 15.4 Å². The standard InChI is InChI=1S/C32H38N4O3/c1-21-15-22(2)28(31(37)16-21)19-34-32(38)27-17-24(23-9-11-26(12-10-23)39-14-6-13-33-3)18-30-29(27)20-35-36(30)25-7-4-5-8-25/h9-12,15,17-18,20,25,33H,4-8,13-14,16,19H2,1-3H3,(H,34,38). The van der Waals surface area contributed by atoms with Crippen molar-refractivity contribution in [3.63, 3.8) is 0 Å². The Labute approximate surface area is 230 Å². The summed E-state index contributed by atoms with van der Waals surface area (Å²) in [4.78, 5) is 26.2. The third-order valence-electron chi connectivity index (χ3n) is 7.80. The molecule has 0 radical (unpaired) electrons. The lowest BCUT2D eigenvalue weighted by atomic mass is 9.92. The Kier molecular flexibility index (Phi) is 8.27. The van der Waals surface area contributed by atoms with Crippen molar-refractivity contribution >= 4 is 22.6 Å². The highest BCUT2D eigenvalue weighted by molar-refractivity contribution is 6.08. The van der Waals surface area contributed by atoms with Crippen LogP contribution in [-0.2, 0) is 4.79 Å². The molecule has 2 aliphatic carbocycles. The molecule has 0 spiro atoms. The molecular weight excluding hydrogens is 488 g/mol. The van der Waals surface area contributed by atoms with E-state index in [2.05, 4.69) is 21.4 Å². The van der Waals surface area contributed by atoms with E-state index in [-0.39, 0.29) is 18.2 Å². The monoisotopic (exact) mass is 526 g/mol. The van der Waals surface area contributed by atoms with E-state index in [9.17, 15) is 9.59 Å². The second-order valence-electron chi connectivity index (χ2n) is 10.7. The highest BCUT2D eigenvalue weighted by atomic mass is 16.5. The van der Waals surface area contributed by atoms with E-state index in [1.807, 2.05) is 63.5 Å². The molecule has 2 N–H and O–H groups in total. The molecule has 1 fully saturated rings. The van der Waals surface area contributed by atoms with E-state index in [1.165, 1.54) is 12.8 Å². The number of nitrogens with zero attached hydrogens (tertiary/aromatic N) is 2. The fraction of sp³-hybridized carbons (Fsp3) is 0.406. The number of rotatable bonds is 10. The minimum atomic E-state index is -0.198. The van der Waals surface area contributed by atoms with E-state index in [0.29, 0.717) is 30.2 Å². The molecule has 2 aliphatic rings. The molecule has 0 bridgehead atoms. The molecule has 1 aromatic heterocycles. The van der Waals surface area contributed by atoms with Crippen molar-refractivity contribution < 1.29 is 14.3 Å². The summed E-state index contributed by atoms with van der Waals surface area (Å²) in [5.41, 5.74) is 6.16. The van der Waals surface area contributed by atoms with Crippen LogP contribution < -0.4 is 15.4 Å². The Hall–Kier alpha value is -3.71. The van der Waals surface area contributed by atoms with E-state index in [0.717, 1.165) is 64.7 Å². The molecule has 0 unspecified atom stereocenters. The van der Waals surface area contributed by atoms with Crippen molar-refractivity contribution in [2.24, 2.45) is 0 Å². The molecule has 3 aromatic rings. The van der Waals surface area contributed by atoms with Gasteiger partial charge in [0.1, 0.15) is 5.75 Å². The summed E-state index contributed by atoms with van der Waals surface area (Å²) in [6.07, 6.45) is 9.80. The number of amides is 1. The number of carbonyl (C=O) groups excluding carboxylic acids is 2. The van der Waals surface area contributed by atoms with E-state index in [1.54, 1.807) is 0 Å². The maximum atomic E-state index is 13.6. The highest BCUT2D eigenvalue weighted by Crippen LogP contribution is 2.35. The minimum Gasteiger partial charge on any atom is -0.494 e. The summed E-state index contributed by atoms with van der Waals surface area (Å²) in [6.45, 7) is 5.68. The number of hydrogen-bond donors (Lipinski definition) is 2. The van der Waals surface area contributed by atoms with Gasteiger partial charge in [0.05, 0.1) is 29.9 Å². The smallest absolute Gasteiger partial charge is 0.252 e. The molecular formula is C32H38N4O3. The van der Waals surface area contributed by atoms with Crippen molar-refractivity contribution in [2.75, 3.05) is 26.7 Å². The van der Waals surface area contributed by atoms with Crippen molar-refractivity contribution in [1.82, 2.24) is 20.4 Å². The summed E-state index contributed by atoms with van der Waals surface area (Å²) in [5, 5.41) is 11.7. The molecule has 5 rings (SSSR count). The summed E-state index contributed by atoms with van der Waals surface area (Å²) >= 11 is 0. The minimum absolute atomic E-state index is 0.0778. The SMILES string of the molecule is CNCCCOc1ccc(-c2cc(C(=O)NCC3=C(C)C=C(C)CC3=O)c3cnn(C4CCCC4)c3c2)cc1. The van der Waals surface area contributed by atoms with Gasteiger partial charge in [-0.05, 0) is 87.7 Å². The van der Waals surface area contributed by atoms with Crippen LogP contribution in [0.2, 0.25) is 0 Å². The summed E-state index contributed by atoms with van der Waals surface area (Å²) < 4.78 is 7.97. The maximum absolute atomic E-state index is 13.6. The van der Waals surface area contributed by atoms with Gasteiger partial charge in [-0.3, -0.25) is 14.3 Å². The van der Waals surface area contributed by atoms with Crippen LogP contribution in [0.4, 0.5) is 0 Å². The summed E-state index contributed by atoms with van der Waals surface area (Å²) in [5.74, 6) is 0.709. The third-order valence-corrected chi connectivity index (χ3v) is 7.80. The van der Waals surface area contributed by atoms with Crippen LogP contribution in [0.1, 0.15) is 68.8 Å². The topological polar surface area (TPSA) is 85.2 Å². The van der Waals surface area contributed by atoms with Crippen LogP contribution in [0, 0.1) is 0 Å². The summed E-state index contributed by atoms with van der Waals surface area (Å²) in [7, 11) is 1.94. The molecule has 39 heavy (non-hydrogen) atoms. The molecule has 1 heterocycles. The van der Waals surface area contributed by atoms with Gasteiger partial charge in [0.25, 0.3) is 5.91 Å². The van der Waals surface area contributed by atoms with Crippen LogP contribution in [0.3, 0.4) is 0 Å². The van der Waals surface area contributed by atoms with Crippen molar-refractivity contribution in [1.29, 1.82) is 0 Å². The molecule has 7 heteroatoms. The van der Waals surface area contributed by atoms with E-state index in [4.69, 9.17) is 9.84 Å². The number of benzene rings is 2. The second-order valence-corrected chi connectivity index (χ2v) is 10.7. The van der Waals surface area contributed by atoms with Gasteiger partial charge in [0.2, 0.25) is 0 Å². The fourth-order valence-corrected chi connectivity index (χ4v) is 5.71. The Balaban J connectivity index is 1.45. The molecule has 0 aliphatic heterocycles. The first kappa shape index (κ1) is 26.9. The Morgan fingerprint density at radius 3 is 2.59 bits per heavy atom. The molecule has 204 valence electrons.